The summed E-state index contributed by atoms with van der Waals surface area (Å²) >= 11 is 3.16. The molecule has 0 aliphatic rings. The fourth-order valence-electron chi connectivity index (χ4n) is 1.64. The monoisotopic (exact) mass is 295 g/mol. The van der Waals surface area contributed by atoms with Crippen molar-refractivity contribution in [1.82, 2.24) is 14.5 Å². The Morgan fingerprint density at radius 2 is 2.42 bits per heavy atom. The van der Waals surface area contributed by atoms with Crippen molar-refractivity contribution in [3.63, 3.8) is 0 Å². The highest BCUT2D eigenvalue weighted by molar-refractivity contribution is 7.99. The van der Waals surface area contributed by atoms with Gasteiger partial charge in [-0.25, -0.2) is 4.98 Å². The first-order valence-electron chi connectivity index (χ1n) is 6.11. The molecule has 0 fully saturated rings. The van der Waals surface area contributed by atoms with Gasteiger partial charge in [0.1, 0.15) is 0 Å². The molecule has 0 unspecified atom stereocenters. The number of amides is 1. The summed E-state index contributed by atoms with van der Waals surface area (Å²) in [5.41, 5.74) is 0. The molecule has 0 aliphatic carbocycles. The Labute approximate surface area is 121 Å². The van der Waals surface area contributed by atoms with E-state index < -0.39 is 0 Å². The van der Waals surface area contributed by atoms with Gasteiger partial charge in [-0.3, -0.25) is 4.79 Å². The molecule has 0 saturated carbocycles. The zero-order valence-corrected chi connectivity index (χ0v) is 12.7. The first-order valence-corrected chi connectivity index (χ1v) is 7.97. The molecule has 2 aromatic rings. The number of thioether (sulfide) groups is 1. The van der Waals surface area contributed by atoms with Gasteiger partial charge in [0, 0.05) is 30.9 Å². The molecule has 4 nitrogen and oxygen atoms in total. The van der Waals surface area contributed by atoms with Crippen molar-refractivity contribution in [2.45, 2.75) is 25.2 Å². The minimum atomic E-state index is 0.129. The molecule has 0 aliphatic heterocycles. The van der Waals surface area contributed by atoms with Crippen LogP contribution in [0.3, 0.4) is 0 Å². The third-order valence-corrected chi connectivity index (χ3v) is 4.59. The first kappa shape index (κ1) is 14.1. The Morgan fingerprint density at radius 1 is 1.58 bits per heavy atom. The molecule has 1 amide bonds. The van der Waals surface area contributed by atoms with E-state index >= 15 is 0 Å². The first-order chi connectivity index (χ1) is 9.20. The second kappa shape index (κ2) is 6.77. The summed E-state index contributed by atoms with van der Waals surface area (Å²) in [6, 6.07) is 4.05. The molecular weight excluding hydrogens is 278 g/mol. The van der Waals surface area contributed by atoms with Gasteiger partial charge < -0.3 is 9.47 Å². The predicted molar refractivity (Wildman–Crippen MR) is 79.4 cm³/mol. The predicted octanol–water partition coefficient (Wildman–Crippen LogP) is 2.72. The Kier molecular flexibility index (Phi) is 5.04. The topological polar surface area (TPSA) is 38.1 Å². The highest BCUT2D eigenvalue weighted by Crippen LogP contribution is 2.17. The van der Waals surface area contributed by atoms with Gasteiger partial charge in [-0.05, 0) is 18.4 Å². The zero-order valence-electron chi connectivity index (χ0n) is 11.1. The van der Waals surface area contributed by atoms with Crippen LogP contribution in [0, 0.1) is 0 Å². The van der Waals surface area contributed by atoms with Crippen LogP contribution in [0.15, 0.2) is 35.1 Å². The van der Waals surface area contributed by atoms with Gasteiger partial charge in [0.05, 0.1) is 12.3 Å². The van der Waals surface area contributed by atoms with E-state index in [9.17, 15) is 4.79 Å². The molecule has 0 aromatic carbocycles. The maximum Gasteiger partial charge on any atom is 0.233 e. The molecule has 6 heteroatoms. The third-order valence-electron chi connectivity index (χ3n) is 2.74. The van der Waals surface area contributed by atoms with Crippen LogP contribution in [0.25, 0.3) is 0 Å². The lowest BCUT2D eigenvalue weighted by Gasteiger charge is -2.15. The van der Waals surface area contributed by atoms with Crippen LogP contribution in [0.1, 0.15) is 11.8 Å². The fraction of sp³-hybridized carbons (Fsp3) is 0.385. The number of hydrogen-bond acceptors (Lipinski definition) is 4. The molecule has 102 valence electrons. The number of carbonyl (C=O) groups is 1. The molecule has 0 N–H and O–H groups in total. The molecule has 0 bridgehead atoms. The van der Waals surface area contributed by atoms with Crippen LogP contribution in [-0.2, 0) is 17.9 Å². The standard InChI is InChI=1S/C13H17N3OS2/c1-3-16-7-6-14-13(16)19-10-12(17)15(2)9-11-5-4-8-18-11/h4-8H,3,9-10H2,1-2H3. The lowest BCUT2D eigenvalue weighted by molar-refractivity contribution is -0.127. The van der Waals surface area contributed by atoms with E-state index in [1.807, 2.05) is 35.3 Å². The molecule has 0 radical (unpaired) electrons. The van der Waals surface area contributed by atoms with Crippen LogP contribution >= 0.6 is 23.1 Å². The van der Waals surface area contributed by atoms with Crippen molar-refractivity contribution in [2.24, 2.45) is 0 Å². The third kappa shape index (κ3) is 3.84. The summed E-state index contributed by atoms with van der Waals surface area (Å²) in [5.74, 6) is 0.558. The van der Waals surface area contributed by atoms with Crippen LogP contribution < -0.4 is 0 Å². The van der Waals surface area contributed by atoms with Crippen molar-refractivity contribution in [3.05, 3.63) is 34.8 Å². The highest BCUT2D eigenvalue weighted by atomic mass is 32.2. The molecular formula is C13H17N3OS2. The average Bonchev–Trinajstić information content (AvgIpc) is 3.06. The summed E-state index contributed by atoms with van der Waals surface area (Å²) in [6.45, 7) is 3.62. The summed E-state index contributed by atoms with van der Waals surface area (Å²) < 4.78 is 2.04. The Morgan fingerprint density at radius 3 is 3.11 bits per heavy atom. The normalized spacial score (nSPS) is 10.6. The van der Waals surface area contributed by atoms with Crippen LogP contribution in [0.4, 0.5) is 0 Å². The van der Waals surface area contributed by atoms with Crippen molar-refractivity contribution in [2.75, 3.05) is 12.8 Å². The van der Waals surface area contributed by atoms with Gasteiger partial charge in [-0.15, -0.1) is 11.3 Å². The maximum atomic E-state index is 12.0. The molecule has 0 atom stereocenters. The van der Waals surface area contributed by atoms with Gasteiger partial charge >= 0.3 is 0 Å². The summed E-state index contributed by atoms with van der Waals surface area (Å²) in [4.78, 5) is 19.3. The zero-order chi connectivity index (χ0) is 13.7. The lowest BCUT2D eigenvalue weighted by Crippen LogP contribution is -2.27. The second-order valence-corrected chi connectivity index (χ2v) is 6.09. The number of rotatable bonds is 6. The van der Waals surface area contributed by atoms with Gasteiger partial charge in [0.2, 0.25) is 5.91 Å². The summed E-state index contributed by atoms with van der Waals surface area (Å²) in [5, 5.41) is 2.93. The summed E-state index contributed by atoms with van der Waals surface area (Å²) in [6.07, 6.45) is 3.70. The van der Waals surface area contributed by atoms with Gasteiger partial charge in [-0.1, -0.05) is 17.8 Å². The maximum absolute atomic E-state index is 12.0. The van der Waals surface area contributed by atoms with Gasteiger partial charge in [0.15, 0.2) is 5.16 Å². The van der Waals surface area contributed by atoms with Crippen molar-refractivity contribution < 1.29 is 4.79 Å². The summed E-state index contributed by atoms with van der Waals surface area (Å²) in [7, 11) is 1.84. The number of aromatic nitrogens is 2. The van der Waals surface area contributed by atoms with Crippen LogP contribution in [0.2, 0.25) is 0 Å². The van der Waals surface area contributed by atoms with Gasteiger partial charge in [0.25, 0.3) is 0 Å². The smallest absolute Gasteiger partial charge is 0.233 e. The number of thiophene rings is 1. The molecule has 19 heavy (non-hydrogen) atoms. The average molecular weight is 295 g/mol. The van der Waals surface area contributed by atoms with E-state index in [1.165, 1.54) is 16.6 Å². The molecule has 0 saturated heterocycles. The number of nitrogens with zero attached hydrogens (tertiary/aromatic N) is 3. The molecule has 0 spiro atoms. The van der Waals surface area contributed by atoms with E-state index in [-0.39, 0.29) is 5.91 Å². The number of carbonyl (C=O) groups excluding carboxylic acids is 1. The minimum absolute atomic E-state index is 0.129. The lowest BCUT2D eigenvalue weighted by atomic mass is 10.4. The van der Waals surface area contributed by atoms with E-state index in [1.54, 1.807) is 22.4 Å². The van der Waals surface area contributed by atoms with Crippen LogP contribution in [-0.4, -0.2) is 33.2 Å². The molecule has 2 aromatic heterocycles. The fourth-order valence-corrected chi connectivity index (χ4v) is 3.36. The second-order valence-electron chi connectivity index (χ2n) is 4.11. The van der Waals surface area contributed by atoms with E-state index in [0.717, 1.165) is 11.7 Å². The van der Waals surface area contributed by atoms with Crippen molar-refractivity contribution in [3.8, 4) is 0 Å². The molecule has 2 heterocycles. The van der Waals surface area contributed by atoms with Crippen molar-refractivity contribution >= 4 is 29.0 Å². The Bertz CT molecular complexity index is 522. The Hall–Kier alpha value is -1.27. The van der Waals surface area contributed by atoms with E-state index in [0.29, 0.717) is 12.3 Å². The Balaban J connectivity index is 1.84. The minimum Gasteiger partial charge on any atom is -0.340 e. The van der Waals surface area contributed by atoms with Gasteiger partial charge in [-0.2, -0.15) is 0 Å². The number of hydrogen-bond donors (Lipinski definition) is 0. The quantitative estimate of drug-likeness (QED) is 0.769. The highest BCUT2D eigenvalue weighted by Gasteiger charge is 2.12. The van der Waals surface area contributed by atoms with E-state index in [2.05, 4.69) is 11.9 Å². The largest absolute Gasteiger partial charge is 0.340 e. The van der Waals surface area contributed by atoms with Crippen molar-refractivity contribution in [1.29, 1.82) is 0 Å². The number of aryl methyl sites for hydroxylation is 1. The molecule has 2 rings (SSSR count). The SMILES string of the molecule is CCn1ccnc1SCC(=O)N(C)Cc1cccs1. The number of imidazole rings is 1. The van der Waals surface area contributed by atoms with Crippen LogP contribution in [0.5, 0.6) is 0 Å². The van der Waals surface area contributed by atoms with E-state index in [4.69, 9.17) is 0 Å².